The Labute approximate surface area is 253 Å². The van der Waals surface area contributed by atoms with Crippen LogP contribution in [0.3, 0.4) is 0 Å². The largest absolute Gasteiger partial charge is 0.480 e. The quantitative estimate of drug-likeness (QED) is 0.278. The van der Waals surface area contributed by atoms with Gasteiger partial charge in [0.2, 0.25) is 0 Å². The molecular formula is C34H41N5O4. The van der Waals surface area contributed by atoms with E-state index < -0.39 is 5.97 Å². The topological polar surface area (TPSA) is 92.8 Å². The lowest BCUT2D eigenvalue weighted by molar-refractivity contribution is -0.137. The molecule has 1 fully saturated rings. The standard InChI is InChI=1S/C34H41N5O4/c1-5-15-36(2)16-14-35-24-10-12-28-30(21-24)43-31-22-25(39-19-17-37(3)18-20-39)11-13-29(31)33(28)26-8-6-7-9-27(26)34(42)38(4)23-32(40)41/h6-13,21-22H,5,14-20,23H2,1-4H3,(H,40,41). The van der Waals surface area contributed by atoms with Crippen LogP contribution in [0.15, 0.2) is 70.1 Å². The smallest absolute Gasteiger partial charge is 0.323 e. The SMILES string of the molecule is CCCN(C)CCN=c1ccc2c(-c3ccccc3C(=O)N(C)CC(=O)O)c3ccc(N4CCN(C)CC4)cc3oc-2c1. The number of hydrogen-bond donors (Lipinski definition) is 1. The second-order valence-corrected chi connectivity index (χ2v) is 11.4. The van der Waals surface area contributed by atoms with E-state index in [9.17, 15) is 14.7 Å². The number of aliphatic carboxylic acids is 1. The van der Waals surface area contributed by atoms with Crippen molar-refractivity contribution in [2.24, 2.45) is 4.99 Å². The summed E-state index contributed by atoms with van der Waals surface area (Å²) in [5.41, 5.74) is 4.73. The molecule has 0 spiro atoms. The van der Waals surface area contributed by atoms with Gasteiger partial charge in [-0.05, 0) is 63.0 Å². The zero-order valence-electron chi connectivity index (χ0n) is 25.5. The zero-order valence-corrected chi connectivity index (χ0v) is 25.5. The number of rotatable bonds is 10. The van der Waals surface area contributed by atoms with E-state index in [1.807, 2.05) is 30.3 Å². The first-order valence-electron chi connectivity index (χ1n) is 14.9. The molecule has 5 rings (SSSR count). The van der Waals surface area contributed by atoms with E-state index in [1.54, 1.807) is 12.1 Å². The molecule has 1 saturated heterocycles. The van der Waals surface area contributed by atoms with Crippen molar-refractivity contribution in [3.8, 4) is 22.5 Å². The zero-order chi connectivity index (χ0) is 30.5. The highest BCUT2D eigenvalue weighted by Crippen LogP contribution is 2.42. The summed E-state index contributed by atoms with van der Waals surface area (Å²) in [7, 11) is 5.76. The van der Waals surface area contributed by atoms with Gasteiger partial charge in [-0.2, -0.15) is 0 Å². The molecule has 2 aliphatic heterocycles. The summed E-state index contributed by atoms with van der Waals surface area (Å²) in [5.74, 6) is -0.726. The van der Waals surface area contributed by atoms with Crippen molar-refractivity contribution in [2.45, 2.75) is 13.3 Å². The average Bonchev–Trinajstić information content (AvgIpc) is 2.99. The predicted molar refractivity (Wildman–Crippen MR) is 171 cm³/mol. The molecular weight excluding hydrogens is 542 g/mol. The van der Waals surface area contributed by atoms with Gasteiger partial charge >= 0.3 is 5.97 Å². The Kier molecular flexibility index (Phi) is 9.43. The van der Waals surface area contributed by atoms with Crippen molar-refractivity contribution >= 4 is 28.5 Å². The number of benzene rings is 3. The number of piperazine rings is 1. The van der Waals surface area contributed by atoms with Gasteiger partial charge in [0.25, 0.3) is 5.91 Å². The first-order valence-corrected chi connectivity index (χ1v) is 14.9. The maximum Gasteiger partial charge on any atom is 0.323 e. The van der Waals surface area contributed by atoms with Gasteiger partial charge in [0.05, 0.1) is 11.9 Å². The molecule has 3 aliphatic rings. The molecule has 2 aromatic rings. The van der Waals surface area contributed by atoms with E-state index in [4.69, 9.17) is 9.41 Å². The van der Waals surface area contributed by atoms with Crippen molar-refractivity contribution in [3.63, 3.8) is 0 Å². The number of carbonyl (C=O) groups is 2. The minimum Gasteiger partial charge on any atom is -0.480 e. The van der Waals surface area contributed by atoms with Crippen LogP contribution in [-0.4, -0.2) is 105 Å². The summed E-state index contributed by atoms with van der Waals surface area (Å²) >= 11 is 0. The molecule has 0 bridgehead atoms. The Morgan fingerprint density at radius 1 is 0.953 bits per heavy atom. The summed E-state index contributed by atoms with van der Waals surface area (Å²) in [5, 5.41) is 11.0. The van der Waals surface area contributed by atoms with Crippen LogP contribution in [-0.2, 0) is 4.79 Å². The predicted octanol–water partition coefficient (Wildman–Crippen LogP) is 4.36. The van der Waals surface area contributed by atoms with Gasteiger partial charge in [-0.1, -0.05) is 25.1 Å². The fourth-order valence-electron chi connectivity index (χ4n) is 5.73. The molecule has 0 saturated carbocycles. The molecule has 1 N–H and O–H groups in total. The minimum atomic E-state index is -1.06. The number of carboxylic acids is 1. The van der Waals surface area contributed by atoms with Gasteiger partial charge in [0, 0.05) is 79.7 Å². The summed E-state index contributed by atoms with van der Waals surface area (Å²) in [6.45, 7) is 8.25. The molecule has 1 aliphatic carbocycles. The van der Waals surface area contributed by atoms with Crippen molar-refractivity contribution in [2.75, 3.05) is 78.4 Å². The van der Waals surface area contributed by atoms with Crippen molar-refractivity contribution in [3.05, 3.63) is 71.6 Å². The van der Waals surface area contributed by atoms with E-state index in [0.717, 1.165) is 84.4 Å². The molecule has 2 heterocycles. The first kappa shape index (κ1) is 30.3. The Hall–Kier alpha value is -4.21. The lowest BCUT2D eigenvalue weighted by Gasteiger charge is -2.34. The van der Waals surface area contributed by atoms with Crippen LogP contribution in [0.25, 0.3) is 33.4 Å². The maximum absolute atomic E-state index is 13.5. The van der Waals surface area contributed by atoms with E-state index in [-0.39, 0.29) is 12.5 Å². The molecule has 9 nitrogen and oxygen atoms in total. The van der Waals surface area contributed by atoms with Crippen LogP contribution in [0.5, 0.6) is 0 Å². The van der Waals surface area contributed by atoms with Crippen molar-refractivity contribution in [1.82, 2.24) is 14.7 Å². The highest BCUT2D eigenvalue weighted by molar-refractivity contribution is 6.09. The molecule has 226 valence electrons. The van der Waals surface area contributed by atoms with Gasteiger partial charge in [0.1, 0.15) is 17.9 Å². The second-order valence-electron chi connectivity index (χ2n) is 11.4. The molecule has 2 aromatic carbocycles. The average molecular weight is 584 g/mol. The van der Waals surface area contributed by atoms with Crippen LogP contribution in [0.2, 0.25) is 0 Å². The molecule has 0 radical (unpaired) electrons. The van der Waals surface area contributed by atoms with Gasteiger partial charge in [0.15, 0.2) is 0 Å². The number of amides is 1. The van der Waals surface area contributed by atoms with E-state index >= 15 is 0 Å². The fourth-order valence-corrected chi connectivity index (χ4v) is 5.73. The van der Waals surface area contributed by atoms with E-state index in [0.29, 0.717) is 17.9 Å². The molecule has 0 aromatic heterocycles. The van der Waals surface area contributed by atoms with Crippen molar-refractivity contribution < 1.29 is 19.1 Å². The number of carboxylic acid groups (broad SMARTS) is 1. The Balaban J connectivity index is 1.66. The van der Waals surface area contributed by atoms with Crippen LogP contribution in [0.1, 0.15) is 23.7 Å². The number of carbonyl (C=O) groups excluding carboxylic acids is 1. The molecule has 43 heavy (non-hydrogen) atoms. The van der Waals surface area contributed by atoms with E-state index in [1.165, 1.54) is 11.9 Å². The Morgan fingerprint density at radius 3 is 2.47 bits per heavy atom. The number of nitrogens with zero attached hydrogens (tertiary/aromatic N) is 5. The third-order valence-corrected chi connectivity index (χ3v) is 8.08. The normalized spacial score (nSPS) is 14.6. The summed E-state index contributed by atoms with van der Waals surface area (Å²) in [6.07, 6.45) is 1.10. The Bertz CT molecular complexity index is 1640. The van der Waals surface area contributed by atoms with Crippen LogP contribution in [0.4, 0.5) is 5.69 Å². The number of anilines is 1. The summed E-state index contributed by atoms with van der Waals surface area (Å²) < 4.78 is 6.59. The summed E-state index contributed by atoms with van der Waals surface area (Å²) in [4.78, 5) is 37.9. The second kappa shape index (κ2) is 13.4. The lowest BCUT2D eigenvalue weighted by atomic mass is 9.90. The van der Waals surface area contributed by atoms with Gasteiger partial charge in [-0.25, -0.2) is 0 Å². The fraction of sp³-hybridized carbons (Fsp3) is 0.382. The first-order chi connectivity index (χ1) is 20.7. The molecule has 0 atom stereocenters. The van der Waals surface area contributed by atoms with E-state index in [2.05, 4.69) is 53.9 Å². The highest BCUT2D eigenvalue weighted by atomic mass is 16.4. The summed E-state index contributed by atoms with van der Waals surface area (Å²) in [6, 6.07) is 19.7. The van der Waals surface area contributed by atoms with Crippen LogP contribution in [0, 0.1) is 0 Å². The minimum absolute atomic E-state index is 0.350. The molecule has 9 heteroatoms. The molecule has 0 unspecified atom stereocenters. The number of hydrogen-bond acceptors (Lipinski definition) is 7. The number of fused-ring (bicyclic) bond motifs is 2. The van der Waals surface area contributed by atoms with Gasteiger partial charge in [-0.15, -0.1) is 0 Å². The lowest BCUT2D eigenvalue weighted by Crippen LogP contribution is -2.44. The third-order valence-electron chi connectivity index (χ3n) is 8.08. The van der Waals surface area contributed by atoms with Crippen LogP contribution < -0.4 is 10.3 Å². The Morgan fingerprint density at radius 2 is 1.72 bits per heavy atom. The number of likely N-dealkylation sites (N-methyl/N-ethyl adjacent to an activating group) is 3. The van der Waals surface area contributed by atoms with Gasteiger partial charge < -0.3 is 29.1 Å². The van der Waals surface area contributed by atoms with Crippen LogP contribution >= 0.6 is 0 Å². The third kappa shape index (κ3) is 6.89. The molecule has 1 amide bonds. The monoisotopic (exact) mass is 583 g/mol. The van der Waals surface area contributed by atoms with Crippen molar-refractivity contribution in [1.29, 1.82) is 0 Å². The van der Waals surface area contributed by atoms with Gasteiger partial charge in [-0.3, -0.25) is 14.6 Å². The maximum atomic E-state index is 13.5. The highest BCUT2D eigenvalue weighted by Gasteiger charge is 2.24.